The Hall–Kier alpha value is -1.49. The van der Waals surface area contributed by atoms with Gasteiger partial charge in [-0.2, -0.15) is 0 Å². The summed E-state index contributed by atoms with van der Waals surface area (Å²) < 4.78 is 25.4. The minimum Gasteiger partial charge on any atom is -0.352 e. The summed E-state index contributed by atoms with van der Waals surface area (Å²) in [5.41, 5.74) is 5.76. The number of hydrogen-bond acceptors (Lipinski definition) is 2. The predicted molar refractivity (Wildman–Crippen MR) is 56.7 cm³/mol. The Labute approximate surface area is 92.6 Å². The predicted octanol–water partition coefficient (Wildman–Crippen LogP) is 0.971. The maximum atomic E-state index is 12.8. The van der Waals surface area contributed by atoms with Gasteiger partial charge in [-0.25, -0.2) is 8.78 Å². The third kappa shape index (κ3) is 3.58. The summed E-state index contributed by atoms with van der Waals surface area (Å²) in [4.78, 5) is 11.4. The molecule has 1 amide bonds. The molecule has 0 saturated heterocycles. The fourth-order valence-corrected chi connectivity index (χ4v) is 1.22. The van der Waals surface area contributed by atoms with Gasteiger partial charge in [-0.1, -0.05) is 6.07 Å². The molecule has 0 spiro atoms. The van der Waals surface area contributed by atoms with E-state index in [-0.39, 0.29) is 18.4 Å². The Morgan fingerprint density at radius 2 is 2.12 bits per heavy atom. The van der Waals surface area contributed by atoms with Crippen LogP contribution in [0.2, 0.25) is 0 Å². The Kier molecular flexibility index (Phi) is 4.37. The van der Waals surface area contributed by atoms with Crippen molar-refractivity contribution < 1.29 is 13.6 Å². The highest BCUT2D eigenvalue weighted by atomic mass is 19.2. The number of rotatable bonds is 4. The second-order valence-corrected chi connectivity index (χ2v) is 3.63. The lowest BCUT2D eigenvalue weighted by Gasteiger charge is -2.11. The van der Waals surface area contributed by atoms with Crippen LogP contribution in [0.5, 0.6) is 0 Å². The van der Waals surface area contributed by atoms with Crippen LogP contribution in [0, 0.1) is 11.6 Å². The van der Waals surface area contributed by atoms with E-state index in [1.54, 1.807) is 6.92 Å². The molecule has 1 atom stereocenters. The molecule has 0 fully saturated rings. The van der Waals surface area contributed by atoms with Crippen molar-refractivity contribution in [3.8, 4) is 0 Å². The van der Waals surface area contributed by atoms with Gasteiger partial charge in [0.05, 0.1) is 6.42 Å². The molecule has 0 radical (unpaired) electrons. The Morgan fingerprint density at radius 1 is 1.44 bits per heavy atom. The van der Waals surface area contributed by atoms with Crippen LogP contribution in [0.4, 0.5) is 8.78 Å². The lowest BCUT2D eigenvalue weighted by Crippen LogP contribution is -2.38. The number of carbonyl (C=O) groups is 1. The smallest absolute Gasteiger partial charge is 0.224 e. The normalized spacial score (nSPS) is 12.2. The van der Waals surface area contributed by atoms with Gasteiger partial charge in [-0.15, -0.1) is 0 Å². The van der Waals surface area contributed by atoms with Gasteiger partial charge in [0.1, 0.15) is 0 Å². The quantitative estimate of drug-likeness (QED) is 0.806. The third-order valence-corrected chi connectivity index (χ3v) is 2.11. The molecule has 3 N–H and O–H groups in total. The fraction of sp³-hybridized carbons (Fsp3) is 0.364. The molecule has 0 heterocycles. The van der Waals surface area contributed by atoms with E-state index in [1.165, 1.54) is 6.07 Å². The minimum atomic E-state index is -0.947. The maximum absolute atomic E-state index is 12.8. The molecule has 1 rings (SSSR count). The van der Waals surface area contributed by atoms with Crippen LogP contribution in [0.25, 0.3) is 0 Å². The zero-order chi connectivity index (χ0) is 12.1. The van der Waals surface area contributed by atoms with Gasteiger partial charge in [-0.3, -0.25) is 4.79 Å². The molecule has 0 aromatic heterocycles. The lowest BCUT2D eigenvalue weighted by atomic mass is 10.1. The first-order valence-electron chi connectivity index (χ1n) is 4.96. The number of nitrogens with one attached hydrogen (secondary N) is 1. The van der Waals surface area contributed by atoms with Crippen molar-refractivity contribution in [2.45, 2.75) is 19.4 Å². The molecule has 0 aliphatic carbocycles. The number of nitrogens with two attached hydrogens (primary N) is 1. The first-order chi connectivity index (χ1) is 7.52. The molecule has 0 aliphatic rings. The monoisotopic (exact) mass is 228 g/mol. The van der Waals surface area contributed by atoms with Crippen molar-refractivity contribution >= 4 is 5.91 Å². The maximum Gasteiger partial charge on any atom is 0.224 e. The molecule has 0 saturated carbocycles. The number of halogens is 2. The van der Waals surface area contributed by atoms with E-state index in [1.807, 2.05) is 0 Å². The summed E-state index contributed by atoms with van der Waals surface area (Å²) in [6.45, 7) is 2.10. The first kappa shape index (κ1) is 12.6. The van der Waals surface area contributed by atoms with Crippen LogP contribution in [0.15, 0.2) is 18.2 Å². The fourth-order valence-electron chi connectivity index (χ4n) is 1.22. The molecular formula is C11H14F2N2O. The van der Waals surface area contributed by atoms with Gasteiger partial charge < -0.3 is 11.1 Å². The summed E-state index contributed by atoms with van der Waals surface area (Å²) in [6.07, 6.45) is 0.0154. The van der Waals surface area contributed by atoms with E-state index in [0.29, 0.717) is 12.1 Å². The Bertz CT molecular complexity index is 382. The standard InChI is InChI=1S/C11H14F2N2O/c1-7(6-14)15-11(16)5-8-2-3-9(12)10(13)4-8/h2-4,7H,5-6,14H2,1H3,(H,15,16)/t7-/m0/s1. The Balaban J connectivity index is 2.59. The second-order valence-electron chi connectivity index (χ2n) is 3.63. The molecule has 0 aliphatic heterocycles. The molecule has 1 aromatic rings. The number of carbonyl (C=O) groups excluding carboxylic acids is 1. The van der Waals surface area contributed by atoms with Crippen molar-refractivity contribution in [1.29, 1.82) is 0 Å². The van der Waals surface area contributed by atoms with Gasteiger partial charge in [0, 0.05) is 12.6 Å². The van der Waals surface area contributed by atoms with E-state index in [2.05, 4.69) is 5.32 Å². The molecule has 5 heteroatoms. The first-order valence-corrected chi connectivity index (χ1v) is 4.96. The Morgan fingerprint density at radius 3 is 2.69 bits per heavy atom. The van der Waals surface area contributed by atoms with Gasteiger partial charge in [0.2, 0.25) is 5.91 Å². The topological polar surface area (TPSA) is 55.1 Å². The SMILES string of the molecule is C[C@@H](CN)NC(=O)Cc1ccc(F)c(F)c1. The zero-order valence-corrected chi connectivity index (χ0v) is 8.97. The van der Waals surface area contributed by atoms with Gasteiger partial charge >= 0.3 is 0 Å². The van der Waals surface area contributed by atoms with E-state index in [9.17, 15) is 13.6 Å². The molecule has 3 nitrogen and oxygen atoms in total. The van der Waals surface area contributed by atoms with Crippen molar-refractivity contribution in [3.05, 3.63) is 35.4 Å². The van der Waals surface area contributed by atoms with Gasteiger partial charge in [0.25, 0.3) is 0 Å². The van der Waals surface area contributed by atoms with Crippen LogP contribution in [-0.2, 0) is 11.2 Å². The van der Waals surface area contributed by atoms with Crippen LogP contribution < -0.4 is 11.1 Å². The van der Waals surface area contributed by atoms with Gasteiger partial charge in [0.15, 0.2) is 11.6 Å². The van der Waals surface area contributed by atoms with Crippen LogP contribution in [0.3, 0.4) is 0 Å². The summed E-state index contributed by atoms with van der Waals surface area (Å²) in [6, 6.07) is 3.27. The van der Waals surface area contributed by atoms with E-state index >= 15 is 0 Å². The molecular weight excluding hydrogens is 214 g/mol. The second kappa shape index (κ2) is 5.55. The highest BCUT2D eigenvalue weighted by Crippen LogP contribution is 2.09. The summed E-state index contributed by atoms with van der Waals surface area (Å²) in [5.74, 6) is -2.12. The average molecular weight is 228 g/mol. The number of hydrogen-bond donors (Lipinski definition) is 2. The van der Waals surface area contributed by atoms with Crippen molar-refractivity contribution in [1.82, 2.24) is 5.32 Å². The molecule has 1 aromatic carbocycles. The summed E-state index contributed by atoms with van der Waals surface area (Å²) in [7, 11) is 0. The molecule has 16 heavy (non-hydrogen) atoms. The molecule has 0 unspecified atom stereocenters. The molecule has 0 bridgehead atoms. The van der Waals surface area contributed by atoms with Crippen LogP contribution >= 0.6 is 0 Å². The summed E-state index contributed by atoms with van der Waals surface area (Å²) in [5, 5.41) is 2.63. The highest BCUT2D eigenvalue weighted by Gasteiger charge is 2.08. The minimum absolute atomic E-state index is 0.0154. The lowest BCUT2D eigenvalue weighted by molar-refractivity contribution is -0.120. The van der Waals surface area contributed by atoms with Crippen LogP contribution in [-0.4, -0.2) is 18.5 Å². The largest absolute Gasteiger partial charge is 0.352 e. The van der Waals surface area contributed by atoms with Crippen molar-refractivity contribution in [2.75, 3.05) is 6.54 Å². The number of amides is 1. The van der Waals surface area contributed by atoms with Gasteiger partial charge in [-0.05, 0) is 24.6 Å². The zero-order valence-electron chi connectivity index (χ0n) is 8.97. The van der Waals surface area contributed by atoms with Crippen molar-refractivity contribution in [3.63, 3.8) is 0 Å². The summed E-state index contributed by atoms with van der Waals surface area (Å²) >= 11 is 0. The highest BCUT2D eigenvalue weighted by molar-refractivity contribution is 5.78. The number of benzene rings is 1. The average Bonchev–Trinajstić information content (AvgIpc) is 2.23. The van der Waals surface area contributed by atoms with E-state index < -0.39 is 11.6 Å². The van der Waals surface area contributed by atoms with E-state index in [4.69, 9.17) is 5.73 Å². The van der Waals surface area contributed by atoms with Crippen LogP contribution in [0.1, 0.15) is 12.5 Å². The van der Waals surface area contributed by atoms with Crippen molar-refractivity contribution in [2.24, 2.45) is 5.73 Å². The van der Waals surface area contributed by atoms with E-state index in [0.717, 1.165) is 12.1 Å². The third-order valence-electron chi connectivity index (χ3n) is 2.11. The molecule has 88 valence electrons.